The van der Waals surface area contributed by atoms with Crippen LogP contribution in [-0.2, 0) is 11.2 Å². The van der Waals surface area contributed by atoms with Crippen molar-refractivity contribution in [1.82, 2.24) is 5.32 Å². The van der Waals surface area contributed by atoms with Gasteiger partial charge in [-0.3, -0.25) is 4.79 Å². The highest BCUT2D eigenvalue weighted by Crippen LogP contribution is 2.68. The molecule has 1 aromatic rings. The molecule has 1 aromatic carbocycles. The van der Waals surface area contributed by atoms with Crippen LogP contribution in [0, 0.1) is 46.3 Å². The Bertz CT molecular complexity index is 964. The van der Waals surface area contributed by atoms with E-state index in [1.807, 2.05) is 12.1 Å². The zero-order valence-electron chi connectivity index (χ0n) is 24.1. The fourth-order valence-electron chi connectivity index (χ4n) is 9.96. The molecule has 38 heavy (non-hydrogen) atoms. The SMILES string of the molecule is COc1ccc(CCNC(=O)CC[C@H](C)[C@@H]2CC[C@@H]3[C@H]4[C@H](O)C[C@H]5C[C@@H](O)CC[C@@]5(C)[C@@H]4CC[C@]32C)cc1. The Hall–Kier alpha value is -1.59. The van der Waals surface area contributed by atoms with Gasteiger partial charge in [0.1, 0.15) is 5.75 Å². The average molecular weight is 526 g/mol. The van der Waals surface area contributed by atoms with Gasteiger partial charge in [0, 0.05) is 13.0 Å². The summed E-state index contributed by atoms with van der Waals surface area (Å²) in [6.07, 6.45) is 10.7. The minimum atomic E-state index is -0.224. The first kappa shape index (κ1) is 28.0. The maximum atomic E-state index is 12.7. The van der Waals surface area contributed by atoms with Crippen LogP contribution in [-0.4, -0.2) is 42.0 Å². The van der Waals surface area contributed by atoms with Crippen molar-refractivity contribution in [3.63, 3.8) is 0 Å². The summed E-state index contributed by atoms with van der Waals surface area (Å²) in [5.74, 6) is 4.21. The molecule has 10 atom stereocenters. The van der Waals surface area contributed by atoms with Crippen LogP contribution in [0.5, 0.6) is 5.75 Å². The van der Waals surface area contributed by atoms with Crippen molar-refractivity contribution >= 4 is 5.91 Å². The van der Waals surface area contributed by atoms with Crippen LogP contribution in [0.4, 0.5) is 0 Å². The molecule has 0 aromatic heterocycles. The second-order valence-corrected chi connectivity index (χ2v) is 13.9. The lowest BCUT2D eigenvalue weighted by Gasteiger charge is -2.62. The first-order valence-corrected chi connectivity index (χ1v) is 15.4. The monoisotopic (exact) mass is 525 g/mol. The summed E-state index contributed by atoms with van der Waals surface area (Å²) in [4.78, 5) is 12.7. The van der Waals surface area contributed by atoms with Gasteiger partial charge in [-0.05, 0) is 128 Å². The highest BCUT2D eigenvalue weighted by Gasteiger charge is 2.62. The molecule has 4 saturated carbocycles. The van der Waals surface area contributed by atoms with E-state index in [1.54, 1.807) is 7.11 Å². The lowest BCUT2D eigenvalue weighted by molar-refractivity contribution is -0.174. The summed E-state index contributed by atoms with van der Waals surface area (Å²) < 4.78 is 5.22. The Balaban J connectivity index is 1.14. The number of benzene rings is 1. The number of aliphatic hydroxyl groups excluding tert-OH is 2. The van der Waals surface area contributed by atoms with Gasteiger partial charge in [-0.2, -0.15) is 0 Å². The molecule has 0 bridgehead atoms. The molecule has 0 heterocycles. The molecule has 0 spiro atoms. The van der Waals surface area contributed by atoms with E-state index in [1.165, 1.54) is 31.2 Å². The van der Waals surface area contributed by atoms with Crippen molar-refractivity contribution in [1.29, 1.82) is 0 Å². The van der Waals surface area contributed by atoms with Gasteiger partial charge in [0.05, 0.1) is 19.3 Å². The molecular weight excluding hydrogens is 474 g/mol. The van der Waals surface area contributed by atoms with E-state index in [-0.39, 0.29) is 28.9 Å². The van der Waals surface area contributed by atoms with Gasteiger partial charge in [-0.15, -0.1) is 0 Å². The fraction of sp³-hybridized carbons (Fsp3) is 0.788. The summed E-state index contributed by atoms with van der Waals surface area (Å²) in [5.41, 5.74) is 1.75. The Kier molecular flexibility index (Phi) is 8.18. The highest BCUT2D eigenvalue weighted by molar-refractivity contribution is 5.75. The summed E-state index contributed by atoms with van der Waals surface area (Å²) in [7, 11) is 1.67. The molecule has 4 fully saturated rings. The van der Waals surface area contributed by atoms with Gasteiger partial charge in [-0.1, -0.05) is 32.9 Å². The third-order valence-electron chi connectivity index (χ3n) is 12.1. The lowest BCUT2D eigenvalue weighted by atomic mass is 9.43. The molecule has 0 radical (unpaired) electrons. The van der Waals surface area contributed by atoms with Crippen LogP contribution in [0.1, 0.15) is 90.5 Å². The van der Waals surface area contributed by atoms with Crippen molar-refractivity contribution in [2.75, 3.05) is 13.7 Å². The second-order valence-electron chi connectivity index (χ2n) is 13.9. The van der Waals surface area contributed by atoms with Gasteiger partial charge in [0.15, 0.2) is 0 Å². The van der Waals surface area contributed by atoms with Crippen LogP contribution >= 0.6 is 0 Å². The fourth-order valence-corrected chi connectivity index (χ4v) is 9.96. The Labute approximate surface area is 230 Å². The number of rotatable bonds is 8. The van der Waals surface area contributed by atoms with E-state index >= 15 is 0 Å². The largest absolute Gasteiger partial charge is 0.497 e. The summed E-state index contributed by atoms with van der Waals surface area (Å²) >= 11 is 0. The maximum absolute atomic E-state index is 12.7. The van der Waals surface area contributed by atoms with Gasteiger partial charge >= 0.3 is 0 Å². The van der Waals surface area contributed by atoms with E-state index in [0.29, 0.717) is 48.5 Å². The van der Waals surface area contributed by atoms with Crippen molar-refractivity contribution in [3.8, 4) is 5.75 Å². The number of nitrogens with one attached hydrogen (secondary N) is 1. The smallest absolute Gasteiger partial charge is 0.220 e. The van der Waals surface area contributed by atoms with Crippen LogP contribution in [0.25, 0.3) is 0 Å². The van der Waals surface area contributed by atoms with E-state index in [2.05, 4.69) is 38.2 Å². The minimum Gasteiger partial charge on any atom is -0.497 e. The van der Waals surface area contributed by atoms with Crippen molar-refractivity contribution in [2.24, 2.45) is 46.3 Å². The van der Waals surface area contributed by atoms with Crippen molar-refractivity contribution in [3.05, 3.63) is 29.8 Å². The topological polar surface area (TPSA) is 78.8 Å². The van der Waals surface area contributed by atoms with E-state index in [4.69, 9.17) is 4.74 Å². The molecule has 0 saturated heterocycles. The zero-order chi connectivity index (χ0) is 27.1. The molecule has 5 nitrogen and oxygen atoms in total. The van der Waals surface area contributed by atoms with Gasteiger partial charge in [-0.25, -0.2) is 0 Å². The van der Waals surface area contributed by atoms with Crippen molar-refractivity contribution in [2.45, 2.75) is 104 Å². The van der Waals surface area contributed by atoms with E-state index < -0.39 is 0 Å². The van der Waals surface area contributed by atoms with Gasteiger partial charge in [0.2, 0.25) is 5.91 Å². The maximum Gasteiger partial charge on any atom is 0.220 e. The molecular formula is C33H51NO4. The normalized spacial score (nSPS) is 40.9. The molecule has 4 aliphatic carbocycles. The Morgan fingerprint density at radius 2 is 1.74 bits per heavy atom. The predicted molar refractivity (Wildman–Crippen MR) is 151 cm³/mol. The number of aliphatic hydroxyl groups is 2. The van der Waals surface area contributed by atoms with Crippen LogP contribution < -0.4 is 10.1 Å². The summed E-state index contributed by atoms with van der Waals surface area (Å²) in [6, 6.07) is 8.04. The number of hydrogen-bond donors (Lipinski definition) is 3. The minimum absolute atomic E-state index is 0.162. The zero-order valence-corrected chi connectivity index (χ0v) is 24.1. The number of fused-ring (bicyclic) bond motifs is 5. The number of hydrogen-bond acceptors (Lipinski definition) is 4. The Morgan fingerprint density at radius 3 is 2.47 bits per heavy atom. The van der Waals surface area contributed by atoms with Crippen LogP contribution in [0.2, 0.25) is 0 Å². The molecule has 0 aliphatic heterocycles. The van der Waals surface area contributed by atoms with Crippen LogP contribution in [0.3, 0.4) is 0 Å². The second kappa shape index (κ2) is 11.1. The summed E-state index contributed by atoms with van der Waals surface area (Å²) in [5, 5.41) is 24.9. The lowest BCUT2D eigenvalue weighted by Crippen LogP contribution is -2.58. The number of carbonyl (C=O) groups excluding carboxylic acids is 1. The van der Waals surface area contributed by atoms with Crippen LogP contribution in [0.15, 0.2) is 24.3 Å². The standard InChI is InChI=1S/C33H51NO4/c1-21(5-12-30(37)34-18-15-22-6-8-25(38-4)9-7-22)26-10-11-27-31-28(14-17-33(26,27)3)32(2)16-13-24(35)19-23(32)20-29(31)36/h6-9,21,23-24,26-29,31,35-36H,5,10-20H2,1-4H3,(H,34,37)/t21-,23+,24-,26-,27+,28+,29+,31+,32+,33-/m0/s1. The molecule has 5 rings (SSSR count). The first-order chi connectivity index (χ1) is 18.2. The Morgan fingerprint density at radius 1 is 1.03 bits per heavy atom. The van der Waals surface area contributed by atoms with Gasteiger partial charge < -0.3 is 20.3 Å². The molecule has 212 valence electrons. The molecule has 5 heteroatoms. The quantitative estimate of drug-likeness (QED) is 0.403. The molecule has 3 N–H and O–H groups in total. The third-order valence-corrected chi connectivity index (χ3v) is 12.1. The average Bonchev–Trinajstić information content (AvgIpc) is 3.26. The number of methoxy groups -OCH3 is 1. The van der Waals surface area contributed by atoms with E-state index in [9.17, 15) is 15.0 Å². The summed E-state index contributed by atoms with van der Waals surface area (Å²) in [6.45, 7) is 8.04. The van der Waals surface area contributed by atoms with Gasteiger partial charge in [0.25, 0.3) is 0 Å². The number of amides is 1. The molecule has 0 unspecified atom stereocenters. The first-order valence-electron chi connectivity index (χ1n) is 15.4. The van der Waals surface area contributed by atoms with Crippen molar-refractivity contribution < 1.29 is 19.7 Å². The van der Waals surface area contributed by atoms with E-state index in [0.717, 1.165) is 44.3 Å². The molecule has 4 aliphatic rings. The number of carbonyl (C=O) groups is 1. The predicted octanol–water partition coefficient (Wildman–Crippen LogP) is 5.76. The number of ether oxygens (including phenoxy) is 1. The third kappa shape index (κ3) is 5.14. The molecule has 1 amide bonds. The highest BCUT2D eigenvalue weighted by atomic mass is 16.5.